The lowest BCUT2D eigenvalue weighted by Gasteiger charge is -2.30. The van der Waals surface area contributed by atoms with Crippen molar-refractivity contribution in [1.82, 2.24) is 14.8 Å². The van der Waals surface area contributed by atoms with E-state index in [0.29, 0.717) is 63.1 Å². The molecule has 0 aliphatic carbocycles. The summed E-state index contributed by atoms with van der Waals surface area (Å²) in [5.74, 6) is -0.0376. The highest BCUT2D eigenvalue weighted by Gasteiger charge is 2.30. The Morgan fingerprint density at radius 3 is 2.49 bits per heavy atom. The summed E-state index contributed by atoms with van der Waals surface area (Å²) in [6.45, 7) is 4.89. The summed E-state index contributed by atoms with van der Waals surface area (Å²) in [4.78, 5) is 33.3. The fraction of sp³-hybridized carbons (Fsp3) is 0.370. The van der Waals surface area contributed by atoms with Crippen molar-refractivity contribution in [3.05, 3.63) is 88.6 Å². The molecule has 1 amide bonds. The van der Waals surface area contributed by atoms with Gasteiger partial charge in [-0.2, -0.15) is 0 Å². The zero-order chi connectivity index (χ0) is 24.6. The van der Waals surface area contributed by atoms with Gasteiger partial charge in [-0.15, -0.1) is 0 Å². The zero-order valence-electron chi connectivity index (χ0n) is 19.9. The monoisotopic (exact) mass is 495 g/mol. The van der Waals surface area contributed by atoms with Gasteiger partial charge in [-0.3, -0.25) is 14.5 Å². The first-order valence-electron chi connectivity index (χ1n) is 11.9. The lowest BCUT2D eigenvalue weighted by Crippen LogP contribution is -2.40. The number of hydrogen-bond acceptors (Lipinski definition) is 6. The molecule has 0 saturated carbocycles. The van der Waals surface area contributed by atoms with Crippen molar-refractivity contribution < 1.29 is 18.7 Å². The van der Waals surface area contributed by atoms with Crippen LogP contribution < -0.4 is 0 Å². The molecule has 0 atom stereocenters. The number of carbonyl (C=O) groups excluding carboxylic acids is 2. The fourth-order valence-electron chi connectivity index (χ4n) is 4.29. The number of amides is 1. The van der Waals surface area contributed by atoms with Crippen molar-refractivity contribution in [3.63, 3.8) is 0 Å². The van der Waals surface area contributed by atoms with Crippen LogP contribution >= 0.6 is 11.6 Å². The van der Waals surface area contributed by atoms with Crippen molar-refractivity contribution in [2.24, 2.45) is 5.92 Å². The number of carbonyl (C=O) groups is 2. The number of esters is 1. The van der Waals surface area contributed by atoms with Crippen LogP contribution in [0.2, 0.25) is 5.02 Å². The molecule has 0 radical (unpaired) electrons. The van der Waals surface area contributed by atoms with Crippen molar-refractivity contribution in [2.45, 2.75) is 39.4 Å². The Balaban J connectivity index is 1.41. The number of oxazole rings is 1. The second-order valence-corrected chi connectivity index (χ2v) is 9.07. The second kappa shape index (κ2) is 12.0. The van der Waals surface area contributed by atoms with Crippen LogP contribution in [0.1, 0.15) is 47.3 Å². The van der Waals surface area contributed by atoms with Crippen LogP contribution in [0.15, 0.2) is 65.3 Å². The lowest BCUT2D eigenvalue weighted by molar-refractivity contribution is -0.149. The molecule has 8 heteroatoms. The Morgan fingerprint density at radius 2 is 1.77 bits per heavy atom. The molecule has 4 rings (SSSR count). The van der Waals surface area contributed by atoms with Gasteiger partial charge in [0.2, 0.25) is 5.89 Å². The van der Waals surface area contributed by atoms with E-state index in [2.05, 4.69) is 22.0 Å². The van der Waals surface area contributed by atoms with Gasteiger partial charge >= 0.3 is 5.97 Å². The highest BCUT2D eigenvalue weighted by Crippen LogP contribution is 2.22. The Labute approximate surface area is 210 Å². The summed E-state index contributed by atoms with van der Waals surface area (Å²) in [6, 6.07) is 17.9. The van der Waals surface area contributed by atoms with Gasteiger partial charge in [-0.25, -0.2) is 4.98 Å². The molecule has 7 nitrogen and oxygen atoms in total. The van der Waals surface area contributed by atoms with E-state index in [1.165, 1.54) is 6.26 Å². The van der Waals surface area contributed by atoms with Crippen LogP contribution in [0.25, 0.3) is 0 Å². The van der Waals surface area contributed by atoms with Crippen LogP contribution in [0.3, 0.4) is 0 Å². The first-order chi connectivity index (χ1) is 17.0. The molecule has 1 aliphatic heterocycles. The summed E-state index contributed by atoms with van der Waals surface area (Å²) < 4.78 is 10.8. The standard InChI is InChI=1S/C27H30ClN3O4/c1-2-34-27(33)21-12-14-31(15-13-21)26(32)24-19-35-25(29-24)18-30(16-20-8-4-3-5-9-20)17-22-10-6-7-11-23(22)28/h3-11,19,21H,2,12-18H2,1H3. The smallest absolute Gasteiger partial charge is 0.309 e. The highest BCUT2D eigenvalue weighted by atomic mass is 35.5. The molecule has 3 aromatic rings. The summed E-state index contributed by atoms with van der Waals surface area (Å²) in [5.41, 5.74) is 2.45. The Hall–Kier alpha value is -3.16. The average Bonchev–Trinajstić information content (AvgIpc) is 3.34. The van der Waals surface area contributed by atoms with Gasteiger partial charge in [0.25, 0.3) is 5.91 Å². The summed E-state index contributed by atoms with van der Waals surface area (Å²) in [7, 11) is 0. The SMILES string of the molecule is CCOC(=O)C1CCN(C(=O)c2coc(CN(Cc3ccccc3)Cc3ccccc3Cl)n2)CC1. The summed E-state index contributed by atoms with van der Waals surface area (Å²) in [5, 5.41) is 0.708. The number of ether oxygens (including phenoxy) is 1. The summed E-state index contributed by atoms with van der Waals surface area (Å²) in [6.07, 6.45) is 2.61. The van der Waals surface area contributed by atoms with Gasteiger partial charge in [-0.05, 0) is 37.0 Å². The maximum absolute atomic E-state index is 13.0. The molecule has 1 fully saturated rings. The van der Waals surface area contributed by atoms with Gasteiger partial charge in [0, 0.05) is 31.2 Å². The topological polar surface area (TPSA) is 75.9 Å². The average molecular weight is 496 g/mol. The van der Waals surface area contributed by atoms with Gasteiger partial charge in [0.1, 0.15) is 6.26 Å². The number of likely N-dealkylation sites (tertiary alicyclic amines) is 1. The maximum atomic E-state index is 13.0. The van der Waals surface area contributed by atoms with Crippen molar-refractivity contribution in [3.8, 4) is 0 Å². The van der Waals surface area contributed by atoms with Crippen LogP contribution in [0.4, 0.5) is 0 Å². The number of aromatic nitrogens is 1. The third-order valence-corrected chi connectivity index (χ3v) is 6.50. The number of benzene rings is 2. The first-order valence-corrected chi connectivity index (χ1v) is 12.3. The predicted molar refractivity (Wildman–Crippen MR) is 133 cm³/mol. The molecule has 2 aromatic carbocycles. The molecule has 35 heavy (non-hydrogen) atoms. The van der Waals surface area contributed by atoms with E-state index in [0.717, 1.165) is 11.1 Å². The number of piperidine rings is 1. The Kier molecular flexibility index (Phi) is 8.55. The minimum absolute atomic E-state index is 0.150. The zero-order valence-corrected chi connectivity index (χ0v) is 20.6. The van der Waals surface area contributed by atoms with Gasteiger partial charge < -0.3 is 14.1 Å². The van der Waals surface area contributed by atoms with Gasteiger partial charge in [-0.1, -0.05) is 60.1 Å². The van der Waals surface area contributed by atoms with E-state index in [9.17, 15) is 9.59 Å². The molecule has 2 heterocycles. The molecule has 0 bridgehead atoms. The molecular weight excluding hydrogens is 466 g/mol. The van der Waals surface area contributed by atoms with E-state index >= 15 is 0 Å². The number of halogens is 1. The molecule has 1 aliphatic rings. The number of nitrogens with zero attached hydrogens (tertiary/aromatic N) is 3. The number of hydrogen-bond donors (Lipinski definition) is 0. The van der Waals surface area contributed by atoms with E-state index < -0.39 is 0 Å². The molecule has 1 saturated heterocycles. The van der Waals surface area contributed by atoms with E-state index in [1.54, 1.807) is 11.8 Å². The van der Waals surface area contributed by atoms with Crippen molar-refractivity contribution in [2.75, 3.05) is 19.7 Å². The highest BCUT2D eigenvalue weighted by molar-refractivity contribution is 6.31. The van der Waals surface area contributed by atoms with Crippen molar-refractivity contribution >= 4 is 23.5 Å². The second-order valence-electron chi connectivity index (χ2n) is 8.67. The predicted octanol–water partition coefficient (Wildman–Crippen LogP) is 4.95. The maximum Gasteiger partial charge on any atom is 0.309 e. The first kappa shape index (κ1) is 24.9. The van der Waals surface area contributed by atoms with Crippen LogP contribution in [-0.4, -0.2) is 46.4 Å². The van der Waals surface area contributed by atoms with Crippen LogP contribution in [-0.2, 0) is 29.2 Å². The summed E-state index contributed by atoms with van der Waals surface area (Å²) >= 11 is 6.41. The molecule has 0 unspecified atom stereocenters. The van der Waals surface area contributed by atoms with E-state index in [4.69, 9.17) is 20.8 Å². The van der Waals surface area contributed by atoms with E-state index in [-0.39, 0.29) is 23.5 Å². The molecule has 0 N–H and O–H groups in total. The van der Waals surface area contributed by atoms with Gasteiger partial charge in [0.15, 0.2) is 5.69 Å². The molecule has 1 aromatic heterocycles. The Bertz CT molecular complexity index is 1130. The third-order valence-electron chi connectivity index (χ3n) is 6.13. The lowest BCUT2D eigenvalue weighted by atomic mass is 9.97. The quantitative estimate of drug-likeness (QED) is 0.391. The van der Waals surface area contributed by atoms with Crippen LogP contribution in [0, 0.1) is 5.92 Å². The largest absolute Gasteiger partial charge is 0.466 e. The molecular formula is C27H30ClN3O4. The molecule has 0 spiro atoms. The number of rotatable bonds is 9. The molecule has 184 valence electrons. The fourth-order valence-corrected chi connectivity index (χ4v) is 4.49. The minimum atomic E-state index is -0.180. The van der Waals surface area contributed by atoms with Crippen molar-refractivity contribution in [1.29, 1.82) is 0 Å². The Morgan fingerprint density at radius 1 is 1.06 bits per heavy atom. The van der Waals surface area contributed by atoms with Crippen LogP contribution in [0.5, 0.6) is 0 Å². The minimum Gasteiger partial charge on any atom is -0.466 e. The van der Waals surface area contributed by atoms with E-state index in [1.807, 2.05) is 42.5 Å². The third kappa shape index (κ3) is 6.71. The van der Waals surface area contributed by atoms with Gasteiger partial charge in [0.05, 0.1) is 19.1 Å². The normalized spacial score (nSPS) is 14.3.